The van der Waals surface area contributed by atoms with Crippen molar-refractivity contribution in [2.24, 2.45) is 5.10 Å². The van der Waals surface area contributed by atoms with Gasteiger partial charge >= 0.3 is 0 Å². The average molecular weight is 459 g/mol. The van der Waals surface area contributed by atoms with Crippen LogP contribution < -0.4 is 10.2 Å². The predicted octanol–water partition coefficient (Wildman–Crippen LogP) is 3.89. The number of aromatic nitrogens is 4. The Balaban J connectivity index is 1.53. The molecule has 0 spiro atoms. The molecule has 2 aromatic heterocycles. The normalized spacial score (nSPS) is 11.0. The highest BCUT2D eigenvalue weighted by atomic mass is 32.2. The number of rotatable bonds is 8. The van der Waals surface area contributed by atoms with Gasteiger partial charge < -0.3 is 4.74 Å². The van der Waals surface area contributed by atoms with Crippen LogP contribution in [0.3, 0.4) is 0 Å². The Morgan fingerprint density at radius 2 is 1.91 bits per heavy atom. The number of thioether (sulfide) groups is 1. The van der Waals surface area contributed by atoms with E-state index in [2.05, 4.69) is 25.7 Å². The van der Waals surface area contributed by atoms with E-state index in [0.29, 0.717) is 11.0 Å². The maximum atomic E-state index is 12.3. The van der Waals surface area contributed by atoms with Gasteiger partial charge in [0.2, 0.25) is 0 Å². The molecule has 0 aliphatic carbocycles. The standard InChI is InChI=1S/C24H22N6O2S/c1-17-5-7-19(8-6-17)23-28-29-24(30(23)20-9-11-21(32-2)12-10-20)33-16-22(31)27-26-15-18-4-3-13-25-14-18/h3-15H,16H2,1-2H3,(H,27,31). The lowest BCUT2D eigenvalue weighted by atomic mass is 10.1. The zero-order chi connectivity index (χ0) is 23.0. The van der Waals surface area contributed by atoms with Crippen molar-refractivity contribution in [2.75, 3.05) is 12.9 Å². The van der Waals surface area contributed by atoms with Gasteiger partial charge in [-0.05, 0) is 37.3 Å². The van der Waals surface area contributed by atoms with E-state index in [9.17, 15) is 4.79 Å². The third kappa shape index (κ3) is 5.64. The summed E-state index contributed by atoms with van der Waals surface area (Å²) in [4.78, 5) is 16.3. The first-order chi connectivity index (χ1) is 16.1. The zero-order valence-corrected chi connectivity index (χ0v) is 19.0. The Morgan fingerprint density at radius 3 is 2.61 bits per heavy atom. The van der Waals surface area contributed by atoms with Gasteiger partial charge in [0.05, 0.1) is 19.1 Å². The maximum Gasteiger partial charge on any atom is 0.250 e. The van der Waals surface area contributed by atoms with Crippen molar-refractivity contribution in [1.82, 2.24) is 25.2 Å². The number of nitrogens with zero attached hydrogens (tertiary/aromatic N) is 5. The van der Waals surface area contributed by atoms with Gasteiger partial charge in [-0.2, -0.15) is 5.10 Å². The molecule has 166 valence electrons. The Labute approximate surface area is 195 Å². The molecule has 9 heteroatoms. The van der Waals surface area contributed by atoms with Crippen LogP contribution in [0.4, 0.5) is 0 Å². The summed E-state index contributed by atoms with van der Waals surface area (Å²) in [7, 11) is 1.63. The number of pyridine rings is 1. The van der Waals surface area contributed by atoms with Gasteiger partial charge in [-0.1, -0.05) is 47.7 Å². The summed E-state index contributed by atoms with van der Waals surface area (Å²) in [5, 5.41) is 13.3. The van der Waals surface area contributed by atoms with Gasteiger partial charge in [-0.25, -0.2) is 5.43 Å². The van der Waals surface area contributed by atoms with Crippen LogP contribution in [0.5, 0.6) is 5.75 Å². The van der Waals surface area contributed by atoms with Crippen molar-refractivity contribution in [3.05, 3.63) is 84.2 Å². The summed E-state index contributed by atoms with van der Waals surface area (Å²) in [6.07, 6.45) is 4.88. The minimum atomic E-state index is -0.249. The van der Waals surface area contributed by atoms with Crippen LogP contribution >= 0.6 is 11.8 Å². The molecule has 0 aliphatic rings. The van der Waals surface area contributed by atoms with Crippen LogP contribution in [0.2, 0.25) is 0 Å². The zero-order valence-electron chi connectivity index (χ0n) is 18.2. The first kappa shape index (κ1) is 22.2. The minimum Gasteiger partial charge on any atom is -0.497 e. The summed E-state index contributed by atoms with van der Waals surface area (Å²) < 4.78 is 7.21. The second kappa shape index (κ2) is 10.6. The molecule has 0 aliphatic heterocycles. The van der Waals surface area contributed by atoms with Gasteiger partial charge in [-0.15, -0.1) is 10.2 Å². The number of aryl methyl sites for hydroxylation is 1. The van der Waals surface area contributed by atoms with Crippen LogP contribution in [0.25, 0.3) is 17.1 Å². The topological polar surface area (TPSA) is 94.3 Å². The summed E-state index contributed by atoms with van der Waals surface area (Å²) >= 11 is 1.28. The molecule has 1 N–H and O–H groups in total. The van der Waals surface area contributed by atoms with Crippen molar-refractivity contribution in [1.29, 1.82) is 0 Å². The van der Waals surface area contributed by atoms with E-state index in [-0.39, 0.29) is 11.7 Å². The Hall–Kier alpha value is -3.98. The number of hydrazone groups is 1. The molecule has 2 heterocycles. The lowest BCUT2D eigenvalue weighted by Gasteiger charge is -2.11. The fourth-order valence-corrected chi connectivity index (χ4v) is 3.75. The molecule has 0 radical (unpaired) electrons. The summed E-state index contributed by atoms with van der Waals surface area (Å²) in [5.41, 5.74) is 6.29. The molecule has 2 aromatic carbocycles. The monoisotopic (exact) mass is 458 g/mol. The predicted molar refractivity (Wildman–Crippen MR) is 129 cm³/mol. The number of nitrogens with one attached hydrogen (secondary N) is 1. The Kier molecular flexibility index (Phi) is 7.11. The molecule has 0 fully saturated rings. The number of benzene rings is 2. The molecule has 0 saturated heterocycles. The first-order valence-corrected chi connectivity index (χ1v) is 11.1. The van der Waals surface area contributed by atoms with E-state index in [1.54, 1.807) is 31.8 Å². The molecule has 0 bridgehead atoms. The van der Waals surface area contributed by atoms with Crippen molar-refractivity contribution >= 4 is 23.9 Å². The van der Waals surface area contributed by atoms with E-state index in [1.807, 2.05) is 66.1 Å². The average Bonchev–Trinajstić information content (AvgIpc) is 3.28. The molecular formula is C24H22N6O2S. The van der Waals surface area contributed by atoms with Crippen LogP contribution in [0, 0.1) is 6.92 Å². The van der Waals surface area contributed by atoms with Crippen molar-refractivity contribution in [3.8, 4) is 22.8 Å². The number of carbonyl (C=O) groups excluding carboxylic acids is 1. The number of carbonyl (C=O) groups is 1. The molecule has 8 nitrogen and oxygen atoms in total. The highest BCUT2D eigenvalue weighted by molar-refractivity contribution is 7.99. The van der Waals surface area contributed by atoms with Crippen molar-refractivity contribution < 1.29 is 9.53 Å². The molecule has 4 rings (SSSR count). The third-order valence-corrected chi connectivity index (χ3v) is 5.62. The van der Waals surface area contributed by atoms with Gasteiger partial charge in [0.1, 0.15) is 5.75 Å². The SMILES string of the molecule is COc1ccc(-n2c(SCC(=O)NN=Cc3cccnc3)nnc2-c2ccc(C)cc2)cc1. The molecule has 4 aromatic rings. The van der Waals surface area contributed by atoms with Crippen LogP contribution in [0.1, 0.15) is 11.1 Å². The van der Waals surface area contributed by atoms with Crippen LogP contribution in [-0.4, -0.2) is 44.7 Å². The quantitative estimate of drug-likeness (QED) is 0.245. The van der Waals surface area contributed by atoms with E-state index >= 15 is 0 Å². The van der Waals surface area contributed by atoms with Crippen LogP contribution in [0.15, 0.2) is 83.3 Å². The summed E-state index contributed by atoms with van der Waals surface area (Å²) in [6.45, 7) is 2.04. The molecule has 1 amide bonds. The molecule has 0 atom stereocenters. The number of hydrogen-bond donors (Lipinski definition) is 1. The van der Waals surface area contributed by atoms with E-state index < -0.39 is 0 Å². The second-order valence-corrected chi connectivity index (χ2v) is 8.02. The highest BCUT2D eigenvalue weighted by Gasteiger charge is 2.17. The molecule has 33 heavy (non-hydrogen) atoms. The summed E-state index contributed by atoms with van der Waals surface area (Å²) in [5.74, 6) is 1.33. The van der Waals surface area contributed by atoms with Crippen molar-refractivity contribution in [3.63, 3.8) is 0 Å². The highest BCUT2D eigenvalue weighted by Crippen LogP contribution is 2.29. The van der Waals surface area contributed by atoms with Gasteiger partial charge in [0.15, 0.2) is 11.0 Å². The smallest absolute Gasteiger partial charge is 0.250 e. The fourth-order valence-electron chi connectivity index (χ4n) is 3.01. The van der Waals surface area contributed by atoms with Gasteiger partial charge in [0, 0.05) is 29.2 Å². The maximum absolute atomic E-state index is 12.3. The molecule has 0 unspecified atom stereocenters. The first-order valence-electron chi connectivity index (χ1n) is 10.2. The molecular weight excluding hydrogens is 436 g/mol. The third-order valence-electron chi connectivity index (χ3n) is 4.69. The van der Waals surface area contributed by atoms with Gasteiger partial charge in [0.25, 0.3) is 5.91 Å². The number of ether oxygens (including phenoxy) is 1. The minimum absolute atomic E-state index is 0.132. The second-order valence-electron chi connectivity index (χ2n) is 7.07. The number of amides is 1. The number of methoxy groups -OCH3 is 1. The van der Waals surface area contributed by atoms with Crippen molar-refractivity contribution in [2.45, 2.75) is 12.1 Å². The lowest BCUT2D eigenvalue weighted by Crippen LogP contribution is -2.20. The Morgan fingerprint density at radius 1 is 1.12 bits per heavy atom. The number of hydrogen-bond acceptors (Lipinski definition) is 7. The van der Waals surface area contributed by atoms with Crippen LogP contribution in [-0.2, 0) is 4.79 Å². The van der Waals surface area contributed by atoms with Gasteiger partial charge in [-0.3, -0.25) is 14.3 Å². The van der Waals surface area contributed by atoms with E-state index in [0.717, 1.165) is 28.1 Å². The lowest BCUT2D eigenvalue weighted by molar-refractivity contribution is -0.118. The Bertz CT molecular complexity index is 1240. The fraction of sp³-hybridized carbons (Fsp3) is 0.125. The summed E-state index contributed by atoms with van der Waals surface area (Å²) in [6, 6.07) is 19.3. The largest absolute Gasteiger partial charge is 0.497 e. The van der Waals surface area contributed by atoms with E-state index in [4.69, 9.17) is 4.74 Å². The van der Waals surface area contributed by atoms with E-state index in [1.165, 1.54) is 11.8 Å². The molecule has 0 saturated carbocycles.